The summed E-state index contributed by atoms with van der Waals surface area (Å²) in [5.74, 6) is -0.442. The van der Waals surface area contributed by atoms with E-state index >= 15 is 0 Å². The van der Waals surface area contributed by atoms with E-state index in [1.165, 1.54) is 0 Å². The Balaban J connectivity index is 1.40. The molecule has 0 bridgehead atoms. The molecule has 1 aliphatic heterocycles. The van der Waals surface area contributed by atoms with Gasteiger partial charge in [-0.05, 0) is 44.6 Å². The second kappa shape index (κ2) is 9.08. The molecule has 4 rings (SSSR count). The second-order valence-corrected chi connectivity index (χ2v) is 9.14. The van der Waals surface area contributed by atoms with Crippen molar-refractivity contribution in [3.63, 3.8) is 0 Å². The van der Waals surface area contributed by atoms with Crippen molar-refractivity contribution in [1.29, 1.82) is 0 Å². The van der Waals surface area contributed by atoms with Crippen molar-refractivity contribution >= 4 is 34.2 Å². The molecule has 2 fully saturated rings. The molecule has 1 saturated carbocycles. The predicted molar refractivity (Wildman–Crippen MR) is 122 cm³/mol. The quantitative estimate of drug-likeness (QED) is 0.777. The van der Waals surface area contributed by atoms with Crippen LogP contribution in [0.4, 0.5) is 5.69 Å². The topological polar surface area (TPSA) is 78.5 Å². The smallest absolute Gasteiger partial charge is 0.227 e. The third kappa shape index (κ3) is 4.73. The standard InChI is InChI=1S/C25H31N3O3/c1-16(2)26-24(30)18-9-5-10-20(13-18)27-25(31)19-14-23(29)28(15-19)22-12-6-8-17-7-3-4-11-21(17)22/h3-4,6-8,11-12,16,18-20H,5,9-10,13-15H2,1-2H3,(H,26,30)(H,27,31). The molecule has 164 valence electrons. The third-order valence-electron chi connectivity index (χ3n) is 6.38. The lowest BCUT2D eigenvalue weighted by Crippen LogP contribution is -2.45. The molecule has 3 atom stereocenters. The van der Waals surface area contributed by atoms with Crippen molar-refractivity contribution in [3.05, 3.63) is 42.5 Å². The van der Waals surface area contributed by atoms with E-state index < -0.39 is 0 Å². The molecular formula is C25H31N3O3. The largest absolute Gasteiger partial charge is 0.354 e. The van der Waals surface area contributed by atoms with E-state index in [0.717, 1.165) is 35.7 Å². The van der Waals surface area contributed by atoms with Gasteiger partial charge in [0.15, 0.2) is 0 Å². The third-order valence-corrected chi connectivity index (χ3v) is 6.38. The summed E-state index contributed by atoms with van der Waals surface area (Å²) in [6, 6.07) is 14.0. The molecule has 3 amide bonds. The molecule has 1 aliphatic carbocycles. The van der Waals surface area contributed by atoms with Gasteiger partial charge in [0.1, 0.15) is 0 Å². The highest BCUT2D eigenvalue weighted by atomic mass is 16.2. The molecule has 2 aromatic rings. The molecule has 6 heteroatoms. The summed E-state index contributed by atoms with van der Waals surface area (Å²) < 4.78 is 0. The maximum Gasteiger partial charge on any atom is 0.227 e. The molecule has 3 unspecified atom stereocenters. The Kier molecular flexibility index (Phi) is 6.25. The molecule has 2 aromatic carbocycles. The van der Waals surface area contributed by atoms with Crippen LogP contribution in [-0.4, -0.2) is 36.3 Å². The average Bonchev–Trinajstić information content (AvgIpc) is 3.14. The van der Waals surface area contributed by atoms with E-state index in [1.807, 2.05) is 56.3 Å². The summed E-state index contributed by atoms with van der Waals surface area (Å²) in [5, 5.41) is 8.21. The molecule has 1 heterocycles. The monoisotopic (exact) mass is 421 g/mol. The maximum atomic E-state index is 13.0. The van der Waals surface area contributed by atoms with Gasteiger partial charge in [-0.1, -0.05) is 42.8 Å². The molecule has 0 spiro atoms. The minimum absolute atomic E-state index is 0.00845. The number of hydrogen-bond acceptors (Lipinski definition) is 3. The Labute approximate surface area is 183 Å². The zero-order valence-electron chi connectivity index (χ0n) is 18.3. The van der Waals surface area contributed by atoms with Gasteiger partial charge in [-0.25, -0.2) is 0 Å². The number of rotatable bonds is 5. The predicted octanol–water partition coefficient (Wildman–Crippen LogP) is 3.39. The second-order valence-electron chi connectivity index (χ2n) is 9.14. The average molecular weight is 422 g/mol. The van der Waals surface area contributed by atoms with Crippen molar-refractivity contribution in [2.45, 2.75) is 58.0 Å². The van der Waals surface area contributed by atoms with E-state index in [1.54, 1.807) is 4.90 Å². The summed E-state index contributed by atoms with van der Waals surface area (Å²) in [5.41, 5.74) is 0.862. The SMILES string of the molecule is CC(C)NC(=O)C1CCCC(NC(=O)C2CC(=O)N(c3cccc4ccccc34)C2)C1. The number of amides is 3. The van der Waals surface area contributed by atoms with E-state index in [2.05, 4.69) is 10.6 Å². The Morgan fingerprint density at radius 2 is 1.77 bits per heavy atom. The number of carbonyl (C=O) groups excluding carboxylic acids is 3. The van der Waals surface area contributed by atoms with Crippen LogP contribution in [0.2, 0.25) is 0 Å². The number of hydrogen-bond donors (Lipinski definition) is 2. The molecule has 0 aromatic heterocycles. The highest BCUT2D eigenvalue weighted by Crippen LogP contribution is 2.32. The Hall–Kier alpha value is -2.89. The maximum absolute atomic E-state index is 13.0. The van der Waals surface area contributed by atoms with E-state index in [9.17, 15) is 14.4 Å². The van der Waals surface area contributed by atoms with Crippen molar-refractivity contribution in [2.75, 3.05) is 11.4 Å². The molecule has 1 saturated heterocycles. The summed E-state index contributed by atoms with van der Waals surface area (Å²) in [7, 11) is 0. The Morgan fingerprint density at radius 3 is 2.58 bits per heavy atom. The van der Waals surface area contributed by atoms with Crippen molar-refractivity contribution in [1.82, 2.24) is 10.6 Å². The van der Waals surface area contributed by atoms with Crippen LogP contribution in [0.3, 0.4) is 0 Å². The lowest BCUT2D eigenvalue weighted by atomic mass is 9.84. The highest BCUT2D eigenvalue weighted by molar-refractivity contribution is 6.07. The number of nitrogens with one attached hydrogen (secondary N) is 2. The fraction of sp³-hybridized carbons (Fsp3) is 0.480. The molecule has 6 nitrogen and oxygen atoms in total. The van der Waals surface area contributed by atoms with Crippen molar-refractivity contribution < 1.29 is 14.4 Å². The van der Waals surface area contributed by atoms with Gasteiger partial charge in [0, 0.05) is 36.4 Å². The summed E-state index contributed by atoms with van der Waals surface area (Å²) in [6.07, 6.45) is 3.55. The van der Waals surface area contributed by atoms with Gasteiger partial charge in [-0.2, -0.15) is 0 Å². The first kappa shape index (κ1) is 21.3. The van der Waals surface area contributed by atoms with Gasteiger partial charge in [-0.15, -0.1) is 0 Å². The minimum atomic E-state index is -0.365. The number of benzene rings is 2. The molecule has 2 aliphatic rings. The Morgan fingerprint density at radius 1 is 1.00 bits per heavy atom. The highest BCUT2D eigenvalue weighted by Gasteiger charge is 2.37. The number of fused-ring (bicyclic) bond motifs is 1. The van der Waals surface area contributed by atoms with Crippen LogP contribution in [0.5, 0.6) is 0 Å². The van der Waals surface area contributed by atoms with Gasteiger partial charge in [-0.3, -0.25) is 14.4 Å². The molecular weight excluding hydrogens is 390 g/mol. The van der Waals surface area contributed by atoms with Crippen LogP contribution in [0, 0.1) is 11.8 Å². The first-order chi connectivity index (χ1) is 14.9. The van der Waals surface area contributed by atoms with Crippen LogP contribution in [0.1, 0.15) is 46.0 Å². The lowest BCUT2D eigenvalue weighted by Gasteiger charge is -2.30. The van der Waals surface area contributed by atoms with Crippen LogP contribution in [-0.2, 0) is 14.4 Å². The molecule has 0 radical (unpaired) electrons. The van der Waals surface area contributed by atoms with Crippen LogP contribution < -0.4 is 15.5 Å². The summed E-state index contributed by atoms with van der Waals surface area (Å²) in [4.78, 5) is 39.8. The summed E-state index contributed by atoms with van der Waals surface area (Å²) >= 11 is 0. The van der Waals surface area contributed by atoms with Crippen molar-refractivity contribution in [2.24, 2.45) is 11.8 Å². The van der Waals surface area contributed by atoms with Gasteiger partial charge in [0.05, 0.1) is 11.6 Å². The molecule has 31 heavy (non-hydrogen) atoms. The zero-order valence-corrected chi connectivity index (χ0v) is 18.3. The first-order valence-corrected chi connectivity index (χ1v) is 11.3. The minimum Gasteiger partial charge on any atom is -0.354 e. The lowest BCUT2D eigenvalue weighted by molar-refractivity contribution is -0.129. The van der Waals surface area contributed by atoms with Crippen LogP contribution in [0.25, 0.3) is 10.8 Å². The van der Waals surface area contributed by atoms with Gasteiger partial charge >= 0.3 is 0 Å². The van der Waals surface area contributed by atoms with Crippen molar-refractivity contribution in [3.8, 4) is 0 Å². The molecule has 2 N–H and O–H groups in total. The Bertz CT molecular complexity index is 982. The first-order valence-electron chi connectivity index (χ1n) is 11.3. The fourth-order valence-corrected chi connectivity index (χ4v) is 4.84. The normalized spacial score (nSPS) is 23.9. The van der Waals surface area contributed by atoms with Gasteiger partial charge in [0.25, 0.3) is 0 Å². The van der Waals surface area contributed by atoms with Crippen LogP contribution in [0.15, 0.2) is 42.5 Å². The number of anilines is 1. The number of carbonyl (C=O) groups is 3. The van der Waals surface area contributed by atoms with Gasteiger partial charge < -0.3 is 15.5 Å². The van der Waals surface area contributed by atoms with E-state index in [4.69, 9.17) is 0 Å². The van der Waals surface area contributed by atoms with Crippen LogP contribution >= 0.6 is 0 Å². The van der Waals surface area contributed by atoms with E-state index in [-0.39, 0.29) is 48.1 Å². The fourth-order valence-electron chi connectivity index (χ4n) is 4.84. The van der Waals surface area contributed by atoms with E-state index in [0.29, 0.717) is 13.0 Å². The zero-order chi connectivity index (χ0) is 22.0. The van der Waals surface area contributed by atoms with Gasteiger partial charge in [0.2, 0.25) is 17.7 Å². The number of nitrogens with zero attached hydrogens (tertiary/aromatic N) is 1. The summed E-state index contributed by atoms with van der Waals surface area (Å²) in [6.45, 7) is 4.31.